The van der Waals surface area contributed by atoms with Gasteiger partial charge in [-0.15, -0.1) is 0 Å². The van der Waals surface area contributed by atoms with E-state index in [1.165, 1.54) is 0 Å². The van der Waals surface area contributed by atoms with Gasteiger partial charge in [0, 0.05) is 0 Å². The lowest BCUT2D eigenvalue weighted by molar-refractivity contribution is 0.257. The molecule has 0 bridgehead atoms. The van der Waals surface area contributed by atoms with Crippen molar-refractivity contribution in [1.29, 1.82) is 4.78 Å². The van der Waals surface area contributed by atoms with Crippen molar-refractivity contribution in [3.05, 3.63) is 34.3 Å². The molecule has 0 fully saturated rings. The van der Waals surface area contributed by atoms with Crippen LogP contribution in [0, 0.1) is 4.78 Å². The van der Waals surface area contributed by atoms with Crippen LogP contribution in [0.2, 0.25) is 0 Å². The molecule has 0 aliphatic carbocycles. The highest BCUT2D eigenvalue weighted by molar-refractivity contribution is 8.24. The smallest absolute Gasteiger partial charge is 0.339 e. The summed E-state index contributed by atoms with van der Waals surface area (Å²) in [7, 11) is -0.452. The van der Waals surface area contributed by atoms with Crippen LogP contribution in [-0.2, 0) is 20.0 Å². The van der Waals surface area contributed by atoms with Crippen LogP contribution in [-0.4, -0.2) is 6.61 Å². The summed E-state index contributed by atoms with van der Waals surface area (Å²) in [5.41, 5.74) is 0. The molecule has 3 nitrogen and oxygen atoms in total. The second-order valence-corrected chi connectivity index (χ2v) is 10.5. The standard InChI is InChI=1S/C7H7NOS.Cl3OP/c8-10-5-3-6-7(10)2-1-4-9-6;1-5(2,3)4/h1-3,5,8H,4H2;. The Morgan fingerprint density at radius 1 is 1.40 bits per heavy atom. The van der Waals surface area contributed by atoms with Gasteiger partial charge < -0.3 is 4.74 Å². The van der Waals surface area contributed by atoms with E-state index < -0.39 is 15.9 Å². The first-order chi connectivity index (χ1) is 6.88. The summed E-state index contributed by atoms with van der Waals surface area (Å²) in [4.78, 5) is 1.02. The molecular formula is C7H7Cl3NO2PS. The minimum Gasteiger partial charge on any atom is -0.488 e. The summed E-state index contributed by atoms with van der Waals surface area (Å²) in [5, 5.41) is -1.36. The van der Waals surface area contributed by atoms with Gasteiger partial charge in [-0.1, -0.05) is 0 Å². The monoisotopic (exact) mass is 305 g/mol. The van der Waals surface area contributed by atoms with E-state index in [1.807, 2.05) is 23.6 Å². The van der Waals surface area contributed by atoms with Crippen molar-refractivity contribution in [2.45, 2.75) is 0 Å². The van der Waals surface area contributed by atoms with Gasteiger partial charge in [-0.2, -0.15) is 0 Å². The van der Waals surface area contributed by atoms with Crippen molar-refractivity contribution in [2.24, 2.45) is 0 Å². The third kappa shape index (κ3) is 5.23. The van der Waals surface area contributed by atoms with Crippen LogP contribution >= 0.6 is 38.9 Å². The molecule has 0 saturated carbocycles. The normalized spacial score (nSPS) is 23.0. The maximum atomic E-state index is 9.51. The predicted octanol–water partition coefficient (Wildman–Crippen LogP) is 4.50. The van der Waals surface area contributed by atoms with E-state index in [4.69, 9.17) is 9.52 Å². The van der Waals surface area contributed by atoms with Crippen molar-refractivity contribution in [1.82, 2.24) is 0 Å². The predicted molar refractivity (Wildman–Crippen MR) is 66.5 cm³/mol. The van der Waals surface area contributed by atoms with Gasteiger partial charge in [0.2, 0.25) is 0 Å². The highest BCUT2D eigenvalue weighted by Crippen LogP contribution is 2.61. The molecule has 0 radical (unpaired) electrons. The van der Waals surface area contributed by atoms with Gasteiger partial charge >= 0.3 is 5.20 Å². The maximum absolute atomic E-state index is 9.51. The second-order valence-electron chi connectivity index (χ2n) is 2.48. The van der Waals surface area contributed by atoms with Gasteiger partial charge in [0.05, 0.1) is 4.91 Å². The lowest BCUT2D eigenvalue weighted by Crippen LogP contribution is -1.97. The van der Waals surface area contributed by atoms with E-state index in [9.17, 15) is 4.57 Å². The molecule has 8 heteroatoms. The highest BCUT2D eigenvalue weighted by atomic mass is 36.0. The summed E-state index contributed by atoms with van der Waals surface area (Å²) >= 11 is 13.8. The number of hydrogen-bond acceptors (Lipinski definition) is 3. The average Bonchev–Trinajstić information content (AvgIpc) is 2.46. The fraction of sp³-hybridized carbons (Fsp3) is 0.143. The molecule has 0 amide bonds. The lowest BCUT2D eigenvalue weighted by atomic mass is 10.3. The van der Waals surface area contributed by atoms with E-state index in [-0.39, 0.29) is 0 Å². The second kappa shape index (κ2) is 5.55. The Hall–Kier alpha value is 0.270. The number of allylic oxidation sites excluding steroid dienone is 2. The maximum Gasteiger partial charge on any atom is 0.339 e. The van der Waals surface area contributed by atoms with Crippen molar-refractivity contribution in [3.63, 3.8) is 0 Å². The highest BCUT2D eigenvalue weighted by Gasteiger charge is 2.14. The number of halogens is 3. The van der Waals surface area contributed by atoms with Crippen LogP contribution in [0.5, 0.6) is 0 Å². The zero-order valence-electron chi connectivity index (χ0n) is 7.32. The zero-order chi connectivity index (χ0) is 11.5. The average molecular weight is 307 g/mol. The van der Waals surface area contributed by atoms with Gasteiger partial charge in [0.1, 0.15) is 12.4 Å². The minimum atomic E-state index is -3.22. The minimum absolute atomic E-state index is 0.452. The van der Waals surface area contributed by atoms with Crippen LogP contribution in [0.1, 0.15) is 0 Å². The number of hydrogen-bond donors (Lipinski definition) is 1. The molecule has 2 aliphatic rings. The molecule has 2 rings (SSSR count). The quantitative estimate of drug-likeness (QED) is 0.670. The number of ether oxygens (including phenoxy) is 1. The molecule has 15 heavy (non-hydrogen) atoms. The Balaban J connectivity index is 0.000000195. The van der Waals surface area contributed by atoms with Crippen LogP contribution in [0.3, 0.4) is 0 Å². The Morgan fingerprint density at radius 2 is 2.00 bits per heavy atom. The fourth-order valence-corrected chi connectivity index (χ4v) is 1.95. The molecule has 2 aliphatic heterocycles. The number of rotatable bonds is 0. The van der Waals surface area contributed by atoms with E-state index >= 15 is 0 Å². The van der Waals surface area contributed by atoms with E-state index in [0.29, 0.717) is 6.61 Å². The van der Waals surface area contributed by atoms with Crippen molar-refractivity contribution < 1.29 is 9.30 Å². The molecule has 0 saturated heterocycles. The largest absolute Gasteiger partial charge is 0.488 e. The van der Waals surface area contributed by atoms with Gasteiger partial charge in [-0.3, -0.25) is 9.34 Å². The summed E-state index contributed by atoms with van der Waals surface area (Å²) < 4.78 is 22.3. The summed E-state index contributed by atoms with van der Waals surface area (Å²) in [6.45, 7) is 0.653. The summed E-state index contributed by atoms with van der Waals surface area (Å²) in [6.07, 6.45) is 5.81. The van der Waals surface area contributed by atoms with Gasteiger partial charge in [0.15, 0.2) is 0 Å². The van der Waals surface area contributed by atoms with Gasteiger partial charge in [-0.05, 0) is 68.0 Å². The SMILES string of the molecule is N=S1C=CC2=C1C=CCO2.O=P(Cl)(Cl)Cl. The first kappa shape index (κ1) is 13.3. The van der Waals surface area contributed by atoms with Gasteiger partial charge in [-0.25, -0.2) is 0 Å². The van der Waals surface area contributed by atoms with Crippen molar-refractivity contribution in [3.8, 4) is 0 Å². The molecular weight excluding hydrogens is 299 g/mol. The molecule has 1 N–H and O–H groups in total. The summed E-state index contributed by atoms with van der Waals surface area (Å²) in [6, 6.07) is 0. The van der Waals surface area contributed by atoms with Crippen molar-refractivity contribution >= 4 is 49.6 Å². The number of nitrogens with one attached hydrogen (secondary N) is 1. The third-order valence-electron chi connectivity index (χ3n) is 1.44. The Labute approximate surface area is 104 Å². The Morgan fingerprint density at radius 3 is 2.53 bits per heavy atom. The molecule has 0 aromatic heterocycles. The fourth-order valence-electron chi connectivity index (χ4n) is 0.961. The van der Waals surface area contributed by atoms with Crippen LogP contribution in [0.25, 0.3) is 0 Å². The van der Waals surface area contributed by atoms with Crippen molar-refractivity contribution in [2.75, 3.05) is 6.61 Å². The van der Waals surface area contributed by atoms with Crippen LogP contribution < -0.4 is 0 Å². The Bertz CT molecular complexity index is 404. The molecule has 0 aromatic carbocycles. The van der Waals surface area contributed by atoms with Crippen LogP contribution in [0.4, 0.5) is 0 Å². The van der Waals surface area contributed by atoms with E-state index in [1.54, 1.807) is 0 Å². The third-order valence-corrected chi connectivity index (χ3v) is 2.66. The molecule has 84 valence electrons. The molecule has 2 heterocycles. The van der Waals surface area contributed by atoms with Gasteiger partial charge in [0.25, 0.3) is 0 Å². The molecule has 0 aromatic rings. The first-order valence-corrected chi connectivity index (χ1v) is 9.44. The van der Waals surface area contributed by atoms with E-state index in [0.717, 1.165) is 10.7 Å². The summed E-state index contributed by atoms with van der Waals surface area (Å²) in [5.74, 6) is 0.890. The molecule has 1 atom stereocenters. The van der Waals surface area contributed by atoms with Crippen LogP contribution in [0.15, 0.2) is 34.3 Å². The lowest BCUT2D eigenvalue weighted by Gasteiger charge is -2.08. The zero-order valence-corrected chi connectivity index (χ0v) is 11.3. The van der Waals surface area contributed by atoms with E-state index in [2.05, 4.69) is 33.7 Å². The molecule has 0 spiro atoms. The first-order valence-electron chi connectivity index (χ1n) is 3.73. The Kier molecular flexibility index (Phi) is 4.94. The topological polar surface area (TPSA) is 50.1 Å². The molecule has 1 unspecified atom stereocenters.